The van der Waals surface area contributed by atoms with Crippen LogP contribution >= 0.6 is 0 Å². The Balaban J connectivity index is 1.64. The van der Waals surface area contributed by atoms with E-state index < -0.39 is 11.4 Å². The fourth-order valence-corrected chi connectivity index (χ4v) is 3.62. The van der Waals surface area contributed by atoms with Gasteiger partial charge in [0.1, 0.15) is 0 Å². The minimum Gasteiger partial charge on any atom is -0.344 e. The van der Waals surface area contributed by atoms with Crippen molar-refractivity contribution in [3.05, 3.63) is 144 Å². The number of benzene rings is 4. The second-order valence-corrected chi connectivity index (χ2v) is 8.45. The molecule has 4 rings (SSSR count). The highest BCUT2D eigenvalue weighted by Crippen LogP contribution is 2.34. The first-order valence-electron chi connectivity index (χ1n) is 11.5. The van der Waals surface area contributed by atoms with Gasteiger partial charge in [-0.1, -0.05) is 121 Å². The molecule has 0 fully saturated rings. The maximum absolute atomic E-state index is 6.38. The fourth-order valence-electron chi connectivity index (χ4n) is 3.62. The van der Waals surface area contributed by atoms with Crippen molar-refractivity contribution >= 4 is 0 Å². The number of azo groups is 1. The van der Waals surface area contributed by atoms with Crippen LogP contribution < -0.4 is 0 Å². The van der Waals surface area contributed by atoms with E-state index in [2.05, 4.69) is 0 Å². The molecule has 4 heteroatoms. The summed E-state index contributed by atoms with van der Waals surface area (Å²) in [6.07, 6.45) is 0. The van der Waals surface area contributed by atoms with E-state index in [4.69, 9.17) is 19.7 Å². The van der Waals surface area contributed by atoms with Crippen molar-refractivity contribution in [1.29, 1.82) is 0 Å². The highest BCUT2D eigenvalue weighted by Gasteiger charge is 2.32. The lowest BCUT2D eigenvalue weighted by molar-refractivity contribution is -0.0760. The molecule has 34 heavy (non-hydrogen) atoms. The Morgan fingerprint density at radius 1 is 0.471 bits per heavy atom. The molecule has 0 aliphatic carbocycles. The smallest absolute Gasteiger partial charge is 0.202 e. The van der Waals surface area contributed by atoms with Crippen molar-refractivity contribution in [3.63, 3.8) is 0 Å². The van der Waals surface area contributed by atoms with Crippen LogP contribution in [0.25, 0.3) is 0 Å². The van der Waals surface area contributed by atoms with Gasteiger partial charge in [0.05, 0.1) is 13.2 Å². The first kappa shape index (κ1) is 23.6. The molecule has 0 aromatic heterocycles. The second-order valence-electron chi connectivity index (χ2n) is 8.45. The molecule has 0 N–H and O–H groups in total. The molecule has 0 aliphatic heterocycles. The summed E-state index contributed by atoms with van der Waals surface area (Å²) in [6, 6.07) is 40.1. The largest absolute Gasteiger partial charge is 0.344 e. The third-order valence-electron chi connectivity index (χ3n) is 5.78. The summed E-state index contributed by atoms with van der Waals surface area (Å²) in [5.41, 5.74) is 2.03. The highest BCUT2D eigenvalue weighted by molar-refractivity contribution is 5.24. The predicted octanol–water partition coefficient (Wildman–Crippen LogP) is 7.62. The van der Waals surface area contributed by atoms with Crippen LogP contribution in [0.5, 0.6) is 0 Å². The molecular formula is C30H30N2O2. The molecule has 0 amide bonds. The van der Waals surface area contributed by atoms with Crippen molar-refractivity contribution in [2.45, 2.75) is 38.5 Å². The molecule has 2 unspecified atom stereocenters. The zero-order valence-corrected chi connectivity index (χ0v) is 19.7. The molecule has 4 aromatic carbocycles. The number of hydrogen-bond acceptors (Lipinski definition) is 4. The van der Waals surface area contributed by atoms with E-state index in [1.807, 2.05) is 135 Å². The van der Waals surface area contributed by atoms with E-state index >= 15 is 0 Å². The van der Waals surface area contributed by atoms with Crippen molar-refractivity contribution in [3.8, 4) is 0 Å². The molecule has 0 saturated heterocycles. The SMILES string of the molecule is CC(N=NC(C)(OCc1ccccc1)c1ccccc1)(OCc1ccccc1)c1ccccc1. The molecule has 2 atom stereocenters. The third kappa shape index (κ3) is 6.04. The second kappa shape index (κ2) is 11.0. The van der Waals surface area contributed by atoms with Gasteiger partial charge < -0.3 is 9.47 Å². The lowest BCUT2D eigenvalue weighted by atomic mass is 10.0. The maximum atomic E-state index is 6.38. The van der Waals surface area contributed by atoms with Gasteiger partial charge in [-0.3, -0.25) is 0 Å². The minimum absolute atomic E-state index is 0.415. The van der Waals surface area contributed by atoms with Gasteiger partial charge in [0.25, 0.3) is 0 Å². The molecule has 0 bridgehead atoms. The number of hydrogen-bond donors (Lipinski definition) is 0. The van der Waals surface area contributed by atoms with Gasteiger partial charge >= 0.3 is 0 Å². The molecule has 4 nitrogen and oxygen atoms in total. The van der Waals surface area contributed by atoms with Crippen LogP contribution in [0.4, 0.5) is 0 Å². The lowest BCUT2D eigenvalue weighted by Gasteiger charge is -2.29. The van der Waals surface area contributed by atoms with Gasteiger partial charge in [-0.05, 0) is 25.0 Å². The molecule has 172 valence electrons. The maximum Gasteiger partial charge on any atom is 0.202 e. The molecule has 0 saturated carbocycles. The topological polar surface area (TPSA) is 43.2 Å². The van der Waals surface area contributed by atoms with Crippen molar-refractivity contribution < 1.29 is 9.47 Å². The standard InChI is InChI=1S/C30H30N2O2/c1-29(27-19-11-5-12-20-27,33-23-25-15-7-3-8-16-25)31-32-30(2,28-21-13-6-14-22-28)34-24-26-17-9-4-10-18-26/h3-22H,23-24H2,1-2H3. The normalized spacial score (nSPS) is 15.0. The highest BCUT2D eigenvalue weighted by atomic mass is 16.5. The van der Waals surface area contributed by atoms with Gasteiger partial charge in [-0.15, -0.1) is 0 Å². The van der Waals surface area contributed by atoms with E-state index in [-0.39, 0.29) is 0 Å². The molecule has 0 aliphatic rings. The number of rotatable bonds is 10. The average Bonchev–Trinajstić information content (AvgIpc) is 2.92. The summed E-state index contributed by atoms with van der Waals surface area (Å²) in [5.74, 6) is 0. The van der Waals surface area contributed by atoms with Crippen LogP contribution in [0, 0.1) is 0 Å². The van der Waals surface area contributed by atoms with Gasteiger partial charge in [-0.2, -0.15) is 10.2 Å². The number of ether oxygens (including phenoxy) is 2. The van der Waals surface area contributed by atoms with Crippen LogP contribution in [0.15, 0.2) is 132 Å². The predicted molar refractivity (Wildman–Crippen MR) is 135 cm³/mol. The van der Waals surface area contributed by atoms with E-state index in [1.165, 1.54) is 0 Å². The molecule has 0 spiro atoms. The monoisotopic (exact) mass is 450 g/mol. The molecule has 0 heterocycles. The van der Waals surface area contributed by atoms with Crippen LogP contribution in [-0.2, 0) is 34.1 Å². The van der Waals surface area contributed by atoms with Crippen LogP contribution in [0.2, 0.25) is 0 Å². The Morgan fingerprint density at radius 3 is 1.09 bits per heavy atom. The Morgan fingerprint density at radius 2 is 0.765 bits per heavy atom. The Bertz CT molecular complexity index is 1070. The van der Waals surface area contributed by atoms with Crippen LogP contribution in [0.1, 0.15) is 36.1 Å². The van der Waals surface area contributed by atoms with E-state index in [0.717, 1.165) is 22.3 Å². The van der Waals surface area contributed by atoms with Gasteiger partial charge in [0.2, 0.25) is 11.4 Å². The third-order valence-corrected chi connectivity index (χ3v) is 5.78. The average molecular weight is 451 g/mol. The molecular weight excluding hydrogens is 420 g/mol. The number of nitrogens with zero attached hydrogens (tertiary/aromatic N) is 2. The van der Waals surface area contributed by atoms with Gasteiger partial charge in [0, 0.05) is 11.1 Å². The summed E-state index contributed by atoms with van der Waals surface area (Å²) >= 11 is 0. The Kier molecular flexibility index (Phi) is 7.63. The minimum atomic E-state index is -0.983. The van der Waals surface area contributed by atoms with Crippen molar-refractivity contribution in [2.24, 2.45) is 10.2 Å². The zero-order chi connectivity index (χ0) is 23.7. The van der Waals surface area contributed by atoms with Gasteiger partial charge in [-0.25, -0.2) is 0 Å². The summed E-state index contributed by atoms with van der Waals surface area (Å²) in [6.45, 7) is 4.71. The van der Waals surface area contributed by atoms with Crippen LogP contribution in [0.3, 0.4) is 0 Å². The first-order valence-corrected chi connectivity index (χ1v) is 11.5. The summed E-state index contributed by atoms with van der Waals surface area (Å²) < 4.78 is 12.8. The lowest BCUT2D eigenvalue weighted by Crippen LogP contribution is -2.27. The van der Waals surface area contributed by atoms with E-state index in [0.29, 0.717) is 13.2 Å². The fraction of sp³-hybridized carbons (Fsp3) is 0.200. The van der Waals surface area contributed by atoms with Gasteiger partial charge in [0.15, 0.2) is 0 Å². The summed E-state index contributed by atoms with van der Waals surface area (Å²) in [5, 5.41) is 9.56. The summed E-state index contributed by atoms with van der Waals surface area (Å²) in [4.78, 5) is 0. The molecule has 4 aromatic rings. The quantitative estimate of drug-likeness (QED) is 0.233. The van der Waals surface area contributed by atoms with Crippen molar-refractivity contribution in [1.82, 2.24) is 0 Å². The first-order chi connectivity index (χ1) is 16.6. The zero-order valence-electron chi connectivity index (χ0n) is 19.7. The van der Waals surface area contributed by atoms with E-state index in [1.54, 1.807) is 0 Å². The van der Waals surface area contributed by atoms with Crippen LogP contribution in [-0.4, -0.2) is 0 Å². The molecule has 0 radical (unpaired) electrons. The summed E-state index contributed by atoms with van der Waals surface area (Å²) in [7, 11) is 0. The Labute approximate surface area is 201 Å². The Hall–Kier alpha value is -3.60. The van der Waals surface area contributed by atoms with E-state index in [9.17, 15) is 0 Å². The van der Waals surface area contributed by atoms with Crippen molar-refractivity contribution in [2.75, 3.05) is 0 Å².